The molecule has 0 fully saturated rings. The number of rotatable bonds is 4. The molecule has 0 aliphatic heterocycles. The second-order valence-electron chi connectivity index (χ2n) is 3.68. The molecule has 0 aromatic heterocycles. The lowest BCUT2D eigenvalue weighted by atomic mass is 10.2. The number of amides is 1. The van der Waals surface area contributed by atoms with Crippen molar-refractivity contribution in [2.24, 2.45) is 0 Å². The molecule has 0 bridgehead atoms. The average molecular weight is 308 g/mol. The van der Waals surface area contributed by atoms with Crippen LogP contribution in [-0.4, -0.2) is 18.6 Å². The number of halogens is 3. The van der Waals surface area contributed by atoms with Crippen LogP contribution >= 0.6 is 15.9 Å². The summed E-state index contributed by atoms with van der Waals surface area (Å²) in [6.07, 6.45) is 0. The van der Waals surface area contributed by atoms with Gasteiger partial charge in [0.1, 0.15) is 5.75 Å². The van der Waals surface area contributed by atoms with E-state index in [2.05, 4.69) is 26.0 Å². The molecule has 0 aliphatic rings. The highest BCUT2D eigenvalue weighted by Crippen LogP contribution is 2.23. The number of carbonyl (C=O) groups excluding carboxylic acids is 1. The topological polar surface area (TPSA) is 38.3 Å². The van der Waals surface area contributed by atoms with E-state index in [1.54, 1.807) is 0 Å². The molecule has 1 N–H and O–H groups in total. The van der Waals surface area contributed by atoms with Crippen LogP contribution in [0.15, 0.2) is 22.7 Å². The van der Waals surface area contributed by atoms with Crippen molar-refractivity contribution in [2.75, 3.05) is 0 Å². The van der Waals surface area contributed by atoms with Gasteiger partial charge < -0.3 is 10.1 Å². The predicted octanol–water partition coefficient (Wildman–Crippen LogP) is 3.19. The van der Waals surface area contributed by atoms with Crippen LogP contribution in [0.1, 0.15) is 24.2 Å². The first kappa shape index (κ1) is 13.9. The van der Waals surface area contributed by atoms with E-state index in [9.17, 15) is 13.6 Å². The van der Waals surface area contributed by atoms with Gasteiger partial charge in [-0.2, -0.15) is 8.78 Å². The van der Waals surface area contributed by atoms with Crippen molar-refractivity contribution < 1.29 is 18.3 Å². The summed E-state index contributed by atoms with van der Waals surface area (Å²) in [6, 6.07) is 4.16. The Kier molecular flexibility index (Phi) is 4.86. The highest BCUT2D eigenvalue weighted by molar-refractivity contribution is 9.10. The van der Waals surface area contributed by atoms with Gasteiger partial charge in [0, 0.05) is 16.1 Å². The van der Waals surface area contributed by atoms with Gasteiger partial charge in [-0.15, -0.1) is 0 Å². The van der Waals surface area contributed by atoms with Crippen LogP contribution in [0, 0.1) is 0 Å². The van der Waals surface area contributed by atoms with E-state index in [1.165, 1.54) is 18.2 Å². The van der Waals surface area contributed by atoms with Crippen molar-refractivity contribution >= 4 is 21.8 Å². The zero-order chi connectivity index (χ0) is 13.0. The lowest BCUT2D eigenvalue weighted by Gasteiger charge is -2.10. The summed E-state index contributed by atoms with van der Waals surface area (Å²) in [5.41, 5.74) is 0.267. The summed E-state index contributed by atoms with van der Waals surface area (Å²) in [4.78, 5) is 11.7. The molecule has 0 saturated carbocycles. The number of hydrogen-bond donors (Lipinski definition) is 1. The van der Waals surface area contributed by atoms with Crippen LogP contribution in [0.4, 0.5) is 8.78 Å². The maximum atomic E-state index is 12.1. The molecular weight excluding hydrogens is 296 g/mol. The fourth-order valence-electron chi connectivity index (χ4n) is 1.21. The van der Waals surface area contributed by atoms with Gasteiger partial charge in [-0.25, -0.2) is 0 Å². The molecule has 0 radical (unpaired) electrons. The number of hydrogen-bond acceptors (Lipinski definition) is 2. The maximum absolute atomic E-state index is 12.1. The smallest absolute Gasteiger partial charge is 0.387 e. The Morgan fingerprint density at radius 3 is 2.53 bits per heavy atom. The number of alkyl halides is 2. The number of benzene rings is 1. The van der Waals surface area contributed by atoms with Crippen molar-refractivity contribution in [1.29, 1.82) is 0 Å². The Bertz CT molecular complexity index is 410. The molecule has 1 amide bonds. The van der Waals surface area contributed by atoms with E-state index in [0.717, 1.165) is 0 Å². The molecule has 17 heavy (non-hydrogen) atoms. The summed E-state index contributed by atoms with van der Waals surface area (Å²) in [5.74, 6) is -0.385. The Labute approximate surface area is 106 Å². The summed E-state index contributed by atoms with van der Waals surface area (Å²) in [5, 5.41) is 2.66. The van der Waals surface area contributed by atoms with Gasteiger partial charge in [0.25, 0.3) is 5.91 Å². The average Bonchev–Trinajstić information content (AvgIpc) is 2.14. The third kappa shape index (κ3) is 4.68. The number of nitrogens with one attached hydrogen (secondary N) is 1. The third-order valence-corrected chi connectivity index (χ3v) is 2.24. The van der Waals surface area contributed by atoms with Crippen LogP contribution in [0.5, 0.6) is 5.75 Å². The minimum Gasteiger partial charge on any atom is -0.435 e. The monoisotopic (exact) mass is 307 g/mol. The van der Waals surface area contributed by atoms with E-state index in [0.29, 0.717) is 4.47 Å². The lowest BCUT2D eigenvalue weighted by Crippen LogP contribution is -2.30. The summed E-state index contributed by atoms with van der Waals surface area (Å²) < 4.78 is 28.9. The van der Waals surface area contributed by atoms with Crippen LogP contribution < -0.4 is 10.1 Å². The van der Waals surface area contributed by atoms with Gasteiger partial charge in [-0.05, 0) is 32.0 Å². The molecule has 94 valence electrons. The molecule has 3 nitrogen and oxygen atoms in total. The van der Waals surface area contributed by atoms with Crippen LogP contribution in [0.3, 0.4) is 0 Å². The van der Waals surface area contributed by atoms with Crippen molar-refractivity contribution in [3.63, 3.8) is 0 Å². The van der Waals surface area contributed by atoms with Crippen LogP contribution in [-0.2, 0) is 0 Å². The molecule has 0 heterocycles. The van der Waals surface area contributed by atoms with E-state index >= 15 is 0 Å². The highest BCUT2D eigenvalue weighted by Gasteiger charge is 2.12. The van der Waals surface area contributed by atoms with Gasteiger partial charge in [0.15, 0.2) is 0 Å². The Morgan fingerprint density at radius 1 is 1.35 bits per heavy atom. The molecule has 1 rings (SSSR count). The first-order valence-electron chi connectivity index (χ1n) is 4.94. The van der Waals surface area contributed by atoms with Crippen LogP contribution in [0.2, 0.25) is 0 Å². The van der Waals surface area contributed by atoms with E-state index < -0.39 is 6.61 Å². The first-order valence-corrected chi connectivity index (χ1v) is 5.74. The molecule has 0 aliphatic carbocycles. The van der Waals surface area contributed by atoms with Gasteiger partial charge in [0.2, 0.25) is 0 Å². The highest BCUT2D eigenvalue weighted by atomic mass is 79.9. The fraction of sp³-hybridized carbons (Fsp3) is 0.364. The van der Waals surface area contributed by atoms with Gasteiger partial charge >= 0.3 is 6.61 Å². The zero-order valence-electron chi connectivity index (χ0n) is 9.34. The Hall–Kier alpha value is -1.17. The predicted molar refractivity (Wildman–Crippen MR) is 63.4 cm³/mol. The normalized spacial score (nSPS) is 10.8. The number of ether oxygens (including phenoxy) is 1. The van der Waals surface area contributed by atoms with Crippen molar-refractivity contribution in [3.8, 4) is 5.75 Å². The molecule has 1 aromatic carbocycles. The molecular formula is C11H12BrF2NO2. The molecule has 0 atom stereocenters. The SMILES string of the molecule is CC(C)NC(=O)c1cc(Br)cc(OC(F)F)c1. The molecule has 0 spiro atoms. The first-order chi connectivity index (χ1) is 7.88. The lowest BCUT2D eigenvalue weighted by molar-refractivity contribution is -0.0499. The molecule has 0 saturated heterocycles. The summed E-state index contributed by atoms with van der Waals surface area (Å²) in [7, 11) is 0. The quantitative estimate of drug-likeness (QED) is 0.927. The fourth-order valence-corrected chi connectivity index (χ4v) is 1.68. The minimum absolute atomic E-state index is 0.0269. The second kappa shape index (κ2) is 5.95. The number of carbonyl (C=O) groups is 1. The third-order valence-electron chi connectivity index (χ3n) is 1.78. The van der Waals surface area contributed by atoms with E-state index in [-0.39, 0.29) is 23.3 Å². The van der Waals surface area contributed by atoms with Crippen molar-refractivity contribution in [2.45, 2.75) is 26.5 Å². The largest absolute Gasteiger partial charge is 0.435 e. The van der Waals surface area contributed by atoms with E-state index in [1.807, 2.05) is 13.8 Å². The van der Waals surface area contributed by atoms with Gasteiger partial charge in [0.05, 0.1) is 0 Å². The zero-order valence-corrected chi connectivity index (χ0v) is 10.9. The van der Waals surface area contributed by atoms with Crippen molar-refractivity contribution in [1.82, 2.24) is 5.32 Å². The van der Waals surface area contributed by atoms with Crippen molar-refractivity contribution in [3.05, 3.63) is 28.2 Å². The van der Waals surface area contributed by atoms with E-state index in [4.69, 9.17) is 0 Å². The summed E-state index contributed by atoms with van der Waals surface area (Å²) >= 11 is 3.13. The Morgan fingerprint density at radius 2 is 2.00 bits per heavy atom. The maximum Gasteiger partial charge on any atom is 0.387 e. The van der Waals surface area contributed by atoms with Gasteiger partial charge in [-0.1, -0.05) is 15.9 Å². The summed E-state index contributed by atoms with van der Waals surface area (Å²) in [6.45, 7) is 0.712. The van der Waals surface area contributed by atoms with Crippen LogP contribution in [0.25, 0.3) is 0 Å². The molecule has 1 aromatic rings. The standard InChI is InChI=1S/C11H12BrF2NO2/c1-6(2)15-10(16)7-3-8(12)5-9(4-7)17-11(13)14/h3-6,11H,1-2H3,(H,15,16). The molecule has 6 heteroatoms. The Balaban J connectivity index is 2.92. The van der Waals surface area contributed by atoms with Gasteiger partial charge in [-0.3, -0.25) is 4.79 Å². The second-order valence-corrected chi connectivity index (χ2v) is 4.60. The molecule has 0 unspecified atom stereocenters. The minimum atomic E-state index is -2.91.